The molecule has 6 nitrogen and oxygen atoms in total. The molecule has 136 valence electrons. The van der Waals surface area contributed by atoms with E-state index in [0.29, 0.717) is 11.4 Å². The van der Waals surface area contributed by atoms with Gasteiger partial charge in [-0.05, 0) is 30.7 Å². The Morgan fingerprint density at radius 2 is 1.96 bits per heavy atom. The quantitative estimate of drug-likeness (QED) is 0.761. The minimum atomic E-state index is -0.645. The van der Waals surface area contributed by atoms with E-state index in [4.69, 9.17) is 9.47 Å². The van der Waals surface area contributed by atoms with Gasteiger partial charge >= 0.3 is 12.1 Å². The van der Waals surface area contributed by atoms with E-state index in [1.807, 2.05) is 48.5 Å². The van der Waals surface area contributed by atoms with Crippen LogP contribution in [-0.2, 0) is 20.9 Å². The number of halogens is 1. The molecule has 1 unspecified atom stereocenters. The van der Waals surface area contributed by atoms with Crippen molar-refractivity contribution in [1.82, 2.24) is 0 Å². The predicted octanol–water partition coefficient (Wildman–Crippen LogP) is 3.95. The summed E-state index contributed by atoms with van der Waals surface area (Å²) < 4.78 is 11.4. The van der Waals surface area contributed by atoms with Crippen molar-refractivity contribution >= 4 is 39.4 Å². The molecule has 2 aromatic rings. The zero-order chi connectivity index (χ0) is 18.5. The van der Waals surface area contributed by atoms with E-state index in [1.165, 1.54) is 4.90 Å². The highest BCUT2D eigenvalue weighted by molar-refractivity contribution is 9.10. The number of benzene rings is 2. The van der Waals surface area contributed by atoms with Crippen molar-refractivity contribution in [3.05, 3.63) is 58.6 Å². The number of ether oxygens (including phenoxy) is 2. The van der Waals surface area contributed by atoms with E-state index in [2.05, 4.69) is 21.2 Å². The summed E-state index contributed by atoms with van der Waals surface area (Å²) in [4.78, 5) is 26.3. The Morgan fingerprint density at radius 1 is 1.19 bits per heavy atom. The van der Waals surface area contributed by atoms with Crippen LogP contribution in [0.3, 0.4) is 0 Å². The van der Waals surface area contributed by atoms with Gasteiger partial charge in [-0.2, -0.15) is 0 Å². The van der Waals surface area contributed by atoms with Gasteiger partial charge in [0.2, 0.25) is 0 Å². The van der Waals surface area contributed by atoms with Crippen molar-refractivity contribution in [2.24, 2.45) is 0 Å². The molecule has 1 aliphatic rings. The highest BCUT2D eigenvalue weighted by Crippen LogP contribution is 2.34. The third kappa shape index (κ3) is 4.16. The molecule has 26 heavy (non-hydrogen) atoms. The number of carbonyl (C=O) groups excluding carboxylic acids is 2. The number of nitrogens with zero attached hydrogens (tertiary/aromatic N) is 1. The molecule has 1 atom stereocenters. The van der Waals surface area contributed by atoms with Gasteiger partial charge in [0.1, 0.15) is 12.6 Å². The molecule has 1 aliphatic heterocycles. The lowest BCUT2D eigenvalue weighted by atomic mass is 10.1. The SMILES string of the molecule is CCOC(=O)C1CN(C(=O)OCc2ccccc2)c2cc(Br)ccc2N1. The number of nitrogens with one attached hydrogen (secondary N) is 1. The van der Waals surface area contributed by atoms with Gasteiger partial charge in [-0.15, -0.1) is 0 Å². The Hall–Kier alpha value is -2.54. The number of hydrogen-bond acceptors (Lipinski definition) is 5. The average Bonchev–Trinajstić information content (AvgIpc) is 2.66. The fraction of sp³-hybridized carbons (Fsp3) is 0.263. The smallest absolute Gasteiger partial charge is 0.414 e. The first-order chi connectivity index (χ1) is 12.6. The third-order valence-electron chi connectivity index (χ3n) is 3.94. The number of anilines is 2. The molecular formula is C19H19BrN2O4. The van der Waals surface area contributed by atoms with Crippen LogP contribution in [0.5, 0.6) is 0 Å². The fourth-order valence-corrected chi connectivity index (χ4v) is 3.06. The van der Waals surface area contributed by atoms with Gasteiger partial charge in [-0.3, -0.25) is 4.90 Å². The summed E-state index contributed by atoms with van der Waals surface area (Å²) in [6.45, 7) is 2.33. The van der Waals surface area contributed by atoms with Gasteiger partial charge in [0, 0.05) is 4.47 Å². The first kappa shape index (κ1) is 18.3. The molecule has 0 saturated carbocycles. The van der Waals surface area contributed by atoms with E-state index >= 15 is 0 Å². The standard InChI is InChI=1S/C19H19BrN2O4/c1-2-25-18(23)16-11-22(17-10-14(20)8-9-15(17)21-16)19(24)26-12-13-6-4-3-5-7-13/h3-10,16,21H,2,11-12H2,1H3. The summed E-state index contributed by atoms with van der Waals surface area (Å²) in [7, 11) is 0. The maximum Gasteiger partial charge on any atom is 0.414 e. The topological polar surface area (TPSA) is 67.9 Å². The molecule has 0 saturated heterocycles. The maximum absolute atomic E-state index is 12.7. The number of amides is 1. The van der Waals surface area contributed by atoms with Gasteiger partial charge in [0.25, 0.3) is 0 Å². The lowest BCUT2D eigenvalue weighted by Crippen LogP contribution is -2.49. The van der Waals surface area contributed by atoms with Crippen molar-refractivity contribution in [2.75, 3.05) is 23.4 Å². The van der Waals surface area contributed by atoms with Crippen LogP contribution in [0.4, 0.5) is 16.2 Å². The Bertz CT molecular complexity index is 797. The molecule has 3 rings (SSSR count). The second-order valence-corrected chi connectivity index (χ2v) is 6.68. The molecular weight excluding hydrogens is 400 g/mol. The third-order valence-corrected chi connectivity index (χ3v) is 4.44. The zero-order valence-electron chi connectivity index (χ0n) is 14.3. The fourth-order valence-electron chi connectivity index (χ4n) is 2.71. The normalized spacial score (nSPS) is 15.6. The van der Waals surface area contributed by atoms with Gasteiger partial charge < -0.3 is 14.8 Å². The molecule has 0 radical (unpaired) electrons. The van der Waals surface area contributed by atoms with Crippen molar-refractivity contribution in [2.45, 2.75) is 19.6 Å². The molecule has 0 spiro atoms. The lowest BCUT2D eigenvalue weighted by molar-refractivity contribution is -0.143. The van der Waals surface area contributed by atoms with Gasteiger partial charge in [0.15, 0.2) is 0 Å². The van der Waals surface area contributed by atoms with Crippen LogP contribution in [0.15, 0.2) is 53.0 Å². The predicted molar refractivity (Wildman–Crippen MR) is 102 cm³/mol. The summed E-state index contributed by atoms with van der Waals surface area (Å²) in [6.07, 6.45) is -0.510. The number of esters is 1. The molecule has 7 heteroatoms. The first-order valence-electron chi connectivity index (χ1n) is 8.29. The van der Waals surface area contributed by atoms with Crippen LogP contribution < -0.4 is 10.2 Å². The molecule has 1 heterocycles. The molecule has 0 aromatic heterocycles. The van der Waals surface area contributed by atoms with Crippen LogP contribution in [0, 0.1) is 0 Å². The van der Waals surface area contributed by atoms with Gasteiger partial charge in [-0.1, -0.05) is 46.3 Å². The van der Waals surface area contributed by atoms with Crippen molar-refractivity contribution in [1.29, 1.82) is 0 Å². The summed E-state index contributed by atoms with van der Waals surface area (Å²) in [5, 5.41) is 3.12. The molecule has 2 aromatic carbocycles. The van der Waals surface area contributed by atoms with Crippen LogP contribution in [0.2, 0.25) is 0 Å². The summed E-state index contributed by atoms with van der Waals surface area (Å²) in [6, 6.07) is 14.3. The molecule has 0 bridgehead atoms. The van der Waals surface area contributed by atoms with E-state index in [9.17, 15) is 9.59 Å². The highest BCUT2D eigenvalue weighted by atomic mass is 79.9. The lowest BCUT2D eigenvalue weighted by Gasteiger charge is -2.34. The summed E-state index contributed by atoms with van der Waals surface area (Å²) in [5.41, 5.74) is 2.22. The van der Waals surface area contributed by atoms with Crippen molar-refractivity contribution < 1.29 is 19.1 Å². The summed E-state index contributed by atoms with van der Waals surface area (Å²) >= 11 is 3.41. The Labute approximate surface area is 160 Å². The van der Waals surface area contributed by atoms with E-state index < -0.39 is 18.1 Å². The maximum atomic E-state index is 12.7. The Morgan fingerprint density at radius 3 is 2.69 bits per heavy atom. The largest absolute Gasteiger partial charge is 0.464 e. The summed E-state index contributed by atoms with van der Waals surface area (Å²) in [5.74, 6) is -0.401. The van der Waals surface area contributed by atoms with E-state index in [0.717, 1.165) is 10.0 Å². The first-order valence-corrected chi connectivity index (χ1v) is 9.08. The van der Waals surface area contributed by atoms with Gasteiger partial charge in [0.05, 0.1) is 24.5 Å². The Balaban J connectivity index is 1.80. The van der Waals surface area contributed by atoms with Crippen LogP contribution in [0.25, 0.3) is 0 Å². The number of hydrogen-bond donors (Lipinski definition) is 1. The zero-order valence-corrected chi connectivity index (χ0v) is 15.9. The van der Waals surface area contributed by atoms with Crippen molar-refractivity contribution in [3.63, 3.8) is 0 Å². The Kier molecular flexibility index (Phi) is 5.78. The van der Waals surface area contributed by atoms with Crippen LogP contribution >= 0.6 is 15.9 Å². The minimum Gasteiger partial charge on any atom is -0.464 e. The van der Waals surface area contributed by atoms with Crippen LogP contribution in [0.1, 0.15) is 12.5 Å². The minimum absolute atomic E-state index is 0.135. The molecule has 0 fully saturated rings. The molecule has 1 N–H and O–H groups in total. The second-order valence-electron chi connectivity index (χ2n) is 5.76. The number of rotatable bonds is 4. The average molecular weight is 419 g/mol. The van der Waals surface area contributed by atoms with E-state index in [1.54, 1.807) is 6.92 Å². The van der Waals surface area contributed by atoms with Crippen molar-refractivity contribution in [3.8, 4) is 0 Å². The number of fused-ring (bicyclic) bond motifs is 1. The second kappa shape index (κ2) is 8.23. The molecule has 1 amide bonds. The number of carbonyl (C=O) groups is 2. The van der Waals surface area contributed by atoms with E-state index in [-0.39, 0.29) is 19.8 Å². The van der Waals surface area contributed by atoms with Crippen LogP contribution in [-0.4, -0.2) is 31.3 Å². The van der Waals surface area contributed by atoms with Gasteiger partial charge in [-0.25, -0.2) is 9.59 Å². The highest BCUT2D eigenvalue weighted by Gasteiger charge is 2.33. The monoisotopic (exact) mass is 418 g/mol. The molecule has 0 aliphatic carbocycles.